The van der Waals surface area contributed by atoms with Gasteiger partial charge in [-0.05, 0) is 50.1 Å². The first kappa shape index (κ1) is 12.1. The molecule has 1 aromatic rings. The van der Waals surface area contributed by atoms with Gasteiger partial charge < -0.3 is 5.32 Å². The highest BCUT2D eigenvalue weighted by Crippen LogP contribution is 2.25. The molecule has 1 rings (SSSR count). The van der Waals surface area contributed by atoms with Crippen molar-refractivity contribution in [3.8, 4) is 0 Å². The van der Waals surface area contributed by atoms with E-state index in [0.717, 1.165) is 16.7 Å². The van der Waals surface area contributed by atoms with E-state index in [1.54, 1.807) is 7.05 Å². The summed E-state index contributed by atoms with van der Waals surface area (Å²) in [4.78, 5) is 0. The van der Waals surface area contributed by atoms with Crippen LogP contribution in [0.2, 0.25) is 0 Å². The van der Waals surface area contributed by atoms with Crippen molar-refractivity contribution in [1.29, 1.82) is 0 Å². The van der Waals surface area contributed by atoms with E-state index in [1.807, 2.05) is 32.9 Å². The summed E-state index contributed by atoms with van der Waals surface area (Å²) in [5.41, 5.74) is 3.80. The topological polar surface area (TPSA) is 12.0 Å². The van der Waals surface area contributed by atoms with Crippen molar-refractivity contribution in [1.82, 2.24) is 5.32 Å². The molecule has 0 saturated heterocycles. The van der Waals surface area contributed by atoms with Crippen molar-refractivity contribution in [2.75, 3.05) is 7.05 Å². The van der Waals surface area contributed by atoms with Crippen LogP contribution in [-0.4, -0.2) is 13.5 Å². The predicted molar refractivity (Wildman–Crippen MR) is 58.5 cm³/mol. The number of alkyl halides is 2. The van der Waals surface area contributed by atoms with E-state index in [-0.39, 0.29) is 0 Å². The van der Waals surface area contributed by atoms with Crippen LogP contribution in [0.3, 0.4) is 0 Å². The quantitative estimate of drug-likeness (QED) is 0.813. The summed E-state index contributed by atoms with van der Waals surface area (Å²) < 4.78 is 25.5. The third kappa shape index (κ3) is 2.53. The zero-order chi connectivity index (χ0) is 11.6. The molecule has 0 aromatic heterocycles. The normalized spacial score (nSPS) is 13.3. The Morgan fingerprint density at radius 2 is 1.53 bits per heavy atom. The average molecular weight is 213 g/mol. The molecule has 0 aliphatic heterocycles. The van der Waals surface area contributed by atoms with Gasteiger partial charge in [-0.15, -0.1) is 0 Å². The van der Waals surface area contributed by atoms with E-state index >= 15 is 0 Å². The maximum atomic E-state index is 12.7. The molecule has 3 heteroatoms. The number of halogens is 2. The van der Waals surface area contributed by atoms with Crippen molar-refractivity contribution < 1.29 is 8.78 Å². The summed E-state index contributed by atoms with van der Waals surface area (Å²) >= 11 is 0. The molecule has 1 unspecified atom stereocenters. The van der Waals surface area contributed by atoms with Crippen LogP contribution in [0.1, 0.15) is 28.3 Å². The van der Waals surface area contributed by atoms with E-state index in [1.165, 1.54) is 0 Å². The fourth-order valence-corrected chi connectivity index (χ4v) is 1.74. The first-order valence-corrected chi connectivity index (χ1v) is 5.00. The van der Waals surface area contributed by atoms with Crippen molar-refractivity contribution >= 4 is 0 Å². The van der Waals surface area contributed by atoms with E-state index in [4.69, 9.17) is 0 Å². The minimum atomic E-state index is -2.38. The van der Waals surface area contributed by atoms with Gasteiger partial charge in [-0.3, -0.25) is 0 Å². The number of rotatable bonds is 3. The highest BCUT2D eigenvalue weighted by molar-refractivity contribution is 5.38. The first-order valence-electron chi connectivity index (χ1n) is 5.00. The van der Waals surface area contributed by atoms with E-state index < -0.39 is 12.5 Å². The molecule has 1 aromatic carbocycles. The third-order valence-electron chi connectivity index (χ3n) is 2.78. The van der Waals surface area contributed by atoms with Gasteiger partial charge in [-0.25, -0.2) is 8.78 Å². The molecule has 0 radical (unpaired) electrons. The van der Waals surface area contributed by atoms with Crippen LogP contribution >= 0.6 is 0 Å². The van der Waals surface area contributed by atoms with Crippen LogP contribution in [-0.2, 0) is 0 Å². The number of hydrogen-bond acceptors (Lipinski definition) is 1. The van der Waals surface area contributed by atoms with Gasteiger partial charge >= 0.3 is 0 Å². The minimum absolute atomic E-state index is 0.690. The van der Waals surface area contributed by atoms with Crippen molar-refractivity contribution in [2.45, 2.75) is 33.2 Å². The van der Waals surface area contributed by atoms with Gasteiger partial charge in [-0.1, -0.05) is 12.1 Å². The Bertz CT molecular complexity index is 348. The molecule has 0 amide bonds. The zero-order valence-corrected chi connectivity index (χ0v) is 9.57. The molecule has 0 aliphatic carbocycles. The smallest absolute Gasteiger partial charge is 0.257 e. The maximum absolute atomic E-state index is 12.7. The van der Waals surface area contributed by atoms with Crippen LogP contribution in [0.4, 0.5) is 8.78 Å². The Hall–Kier alpha value is -0.960. The molecule has 1 nitrogen and oxygen atoms in total. The molecule has 0 spiro atoms. The van der Waals surface area contributed by atoms with Crippen molar-refractivity contribution in [3.05, 3.63) is 34.4 Å². The number of aryl methyl sites for hydroxylation is 3. The standard InChI is InChI=1S/C12H17F2N/c1-7-5-9(3)10(6-8(7)2)11(15-4)12(13)14/h5-6,11-12,15H,1-4H3. The Morgan fingerprint density at radius 3 is 2.00 bits per heavy atom. The fourth-order valence-electron chi connectivity index (χ4n) is 1.74. The first-order chi connectivity index (χ1) is 6.97. The molecule has 1 atom stereocenters. The monoisotopic (exact) mass is 213 g/mol. The zero-order valence-electron chi connectivity index (χ0n) is 9.57. The third-order valence-corrected chi connectivity index (χ3v) is 2.78. The summed E-state index contributed by atoms with van der Waals surface area (Å²) in [6.07, 6.45) is -2.38. The summed E-state index contributed by atoms with van der Waals surface area (Å²) in [5.74, 6) is 0. The predicted octanol–water partition coefficient (Wildman–Crippen LogP) is 3.14. The lowest BCUT2D eigenvalue weighted by atomic mass is 9.96. The Labute approximate surface area is 89.5 Å². The molecule has 84 valence electrons. The second-order valence-corrected chi connectivity index (χ2v) is 3.89. The summed E-state index contributed by atoms with van der Waals surface area (Å²) in [5, 5.41) is 2.66. The van der Waals surface area contributed by atoms with Gasteiger partial charge in [0.05, 0.1) is 6.04 Å². The second-order valence-electron chi connectivity index (χ2n) is 3.89. The molecule has 0 fully saturated rings. The molecular weight excluding hydrogens is 196 g/mol. The Morgan fingerprint density at radius 1 is 1.00 bits per heavy atom. The molecule has 1 N–H and O–H groups in total. The van der Waals surface area contributed by atoms with Gasteiger partial charge in [0.25, 0.3) is 6.43 Å². The molecule has 0 heterocycles. The van der Waals surface area contributed by atoms with Gasteiger partial charge in [0.15, 0.2) is 0 Å². The van der Waals surface area contributed by atoms with E-state index in [9.17, 15) is 8.78 Å². The van der Waals surface area contributed by atoms with Gasteiger partial charge in [0.2, 0.25) is 0 Å². The van der Waals surface area contributed by atoms with Crippen LogP contribution < -0.4 is 5.32 Å². The lowest BCUT2D eigenvalue weighted by Gasteiger charge is -2.19. The van der Waals surface area contributed by atoms with Crippen LogP contribution in [0.25, 0.3) is 0 Å². The molecule has 15 heavy (non-hydrogen) atoms. The van der Waals surface area contributed by atoms with Crippen molar-refractivity contribution in [3.63, 3.8) is 0 Å². The lowest BCUT2D eigenvalue weighted by Crippen LogP contribution is -2.24. The van der Waals surface area contributed by atoms with Gasteiger partial charge in [-0.2, -0.15) is 0 Å². The number of nitrogens with one attached hydrogen (secondary N) is 1. The lowest BCUT2D eigenvalue weighted by molar-refractivity contribution is 0.102. The fraction of sp³-hybridized carbons (Fsp3) is 0.500. The summed E-state index contributed by atoms with van der Waals surface area (Å²) in [6.45, 7) is 5.80. The van der Waals surface area contributed by atoms with Gasteiger partial charge in [0.1, 0.15) is 0 Å². The summed E-state index contributed by atoms with van der Waals surface area (Å²) in [6, 6.07) is 2.93. The van der Waals surface area contributed by atoms with Crippen molar-refractivity contribution in [2.24, 2.45) is 0 Å². The Kier molecular flexibility index (Phi) is 3.80. The second kappa shape index (κ2) is 4.71. The van der Waals surface area contributed by atoms with Crippen LogP contribution in [0.15, 0.2) is 12.1 Å². The average Bonchev–Trinajstić information content (AvgIpc) is 2.14. The largest absolute Gasteiger partial charge is 0.308 e. The Balaban J connectivity index is 3.18. The van der Waals surface area contributed by atoms with Crippen LogP contribution in [0, 0.1) is 20.8 Å². The highest BCUT2D eigenvalue weighted by atomic mass is 19.3. The molecule has 0 bridgehead atoms. The maximum Gasteiger partial charge on any atom is 0.257 e. The van der Waals surface area contributed by atoms with Gasteiger partial charge in [0, 0.05) is 0 Å². The van der Waals surface area contributed by atoms with E-state index in [0.29, 0.717) is 5.56 Å². The number of hydrogen-bond donors (Lipinski definition) is 1. The minimum Gasteiger partial charge on any atom is -0.308 e. The highest BCUT2D eigenvalue weighted by Gasteiger charge is 2.22. The number of benzene rings is 1. The molecule has 0 aliphatic rings. The van der Waals surface area contributed by atoms with Crippen LogP contribution in [0.5, 0.6) is 0 Å². The summed E-state index contributed by atoms with van der Waals surface area (Å²) in [7, 11) is 1.56. The molecular formula is C12H17F2N. The molecule has 0 saturated carbocycles. The van der Waals surface area contributed by atoms with E-state index in [2.05, 4.69) is 5.32 Å². The SMILES string of the molecule is CNC(c1cc(C)c(C)cc1C)C(F)F.